The van der Waals surface area contributed by atoms with Crippen LogP contribution < -0.4 is 0 Å². The number of fused-ring (bicyclic) bond motifs is 8. The van der Waals surface area contributed by atoms with Gasteiger partial charge in [-0.15, -0.1) is 0 Å². The van der Waals surface area contributed by atoms with E-state index in [2.05, 4.69) is 225 Å². The van der Waals surface area contributed by atoms with Crippen molar-refractivity contribution in [1.82, 2.24) is 19.9 Å². The summed E-state index contributed by atoms with van der Waals surface area (Å²) >= 11 is 0. The highest BCUT2D eigenvalue weighted by Gasteiger charge is 2.36. The highest BCUT2D eigenvalue weighted by atomic mass is 16.3. The van der Waals surface area contributed by atoms with Crippen LogP contribution in [0.25, 0.3) is 90.9 Å². The molecule has 5 heterocycles. The first-order chi connectivity index (χ1) is 38.3. The largest absolute Gasteiger partial charge is 0.508 e. The molecule has 8 nitrogen and oxygen atoms in total. The first-order valence-electron chi connectivity index (χ1n) is 30.1. The lowest BCUT2D eigenvalue weighted by molar-refractivity contribution is 0.466. The average Bonchev–Trinajstić information content (AvgIpc) is 1.40. The van der Waals surface area contributed by atoms with E-state index in [0.29, 0.717) is 0 Å². The van der Waals surface area contributed by atoms with Crippen molar-refractivity contribution in [3.63, 3.8) is 0 Å². The lowest BCUT2D eigenvalue weighted by Gasteiger charge is -2.31. The summed E-state index contributed by atoms with van der Waals surface area (Å²) < 4.78 is 0. The van der Waals surface area contributed by atoms with Crippen LogP contribution in [-0.2, 0) is 43.3 Å². The van der Waals surface area contributed by atoms with Crippen LogP contribution in [0.3, 0.4) is 0 Å². The van der Waals surface area contributed by atoms with E-state index >= 15 is 0 Å². The van der Waals surface area contributed by atoms with Gasteiger partial charge in [-0.05, 0) is 207 Å². The number of aromatic hydroxyl groups is 4. The molecule has 0 radical (unpaired) electrons. The van der Waals surface area contributed by atoms with E-state index in [-0.39, 0.29) is 23.0 Å². The molecule has 0 saturated heterocycles. The van der Waals surface area contributed by atoms with Crippen LogP contribution in [0.4, 0.5) is 0 Å². The van der Waals surface area contributed by atoms with Gasteiger partial charge in [0.15, 0.2) is 0 Å². The van der Waals surface area contributed by atoms with E-state index in [4.69, 9.17) is 9.97 Å². The van der Waals surface area contributed by atoms with Gasteiger partial charge in [-0.2, -0.15) is 0 Å². The maximum atomic E-state index is 11.7. The molecule has 2 aliphatic rings. The standard InChI is InChI=1S/C76H94N4O4/c1-69(2,3)45-33-41(81)34-46(70(4,5)6)61(45)65-53-25-27-55(77-53)66(62-47(71(7,8)9)35-42(82)36-48(62)72(10,11)12)57-29-31-59(79-57)68(64-51(75(19,20)21)39-44(84)40-52(64)76(22,23)24)60-32-30-58(80-60)67(56-28-26-54(65)78-56)63-49(73(13,14)15)37-43(83)38-50(63)74(16,17)18/h25-40,77,80-84H,1-24H3. The van der Waals surface area contributed by atoms with Gasteiger partial charge in [0.2, 0.25) is 0 Å². The average molecular weight is 1130 g/mol. The van der Waals surface area contributed by atoms with Crippen LogP contribution in [-0.4, -0.2) is 40.4 Å². The van der Waals surface area contributed by atoms with Crippen LogP contribution in [0.5, 0.6) is 23.0 Å². The third-order valence-corrected chi connectivity index (χ3v) is 16.7. The predicted octanol–water partition coefficient (Wildman–Crippen LogP) is 20.5. The summed E-state index contributed by atoms with van der Waals surface area (Å²) in [5.41, 5.74) is 18.3. The lowest BCUT2D eigenvalue weighted by Crippen LogP contribution is -2.20. The van der Waals surface area contributed by atoms with Crippen molar-refractivity contribution in [1.29, 1.82) is 0 Å². The van der Waals surface area contributed by atoms with Crippen LogP contribution in [0.2, 0.25) is 0 Å². The molecule has 4 aromatic carbocycles. The van der Waals surface area contributed by atoms with Crippen molar-refractivity contribution < 1.29 is 20.4 Å². The monoisotopic (exact) mass is 1130 g/mol. The van der Waals surface area contributed by atoms with Crippen LogP contribution >= 0.6 is 0 Å². The number of hydrogen-bond acceptors (Lipinski definition) is 6. The van der Waals surface area contributed by atoms with Crippen molar-refractivity contribution in [2.45, 2.75) is 209 Å². The van der Waals surface area contributed by atoms with Crippen molar-refractivity contribution in [2.24, 2.45) is 0 Å². The van der Waals surface area contributed by atoms with Crippen LogP contribution in [0, 0.1) is 0 Å². The molecular weight excluding hydrogens is 1030 g/mol. The Morgan fingerprint density at radius 3 is 0.512 bits per heavy atom. The van der Waals surface area contributed by atoms with Crippen LogP contribution in [0.15, 0.2) is 72.8 Å². The first kappa shape index (κ1) is 61.2. The molecule has 0 saturated carbocycles. The number of nitrogens with zero attached hydrogens (tertiary/aromatic N) is 2. The number of rotatable bonds is 4. The second-order valence-corrected chi connectivity index (χ2v) is 32.2. The molecule has 442 valence electrons. The number of nitrogens with one attached hydrogen (secondary N) is 2. The maximum Gasteiger partial charge on any atom is 0.116 e. The summed E-state index contributed by atoms with van der Waals surface area (Å²) in [5, 5.41) is 46.9. The van der Waals surface area contributed by atoms with Gasteiger partial charge < -0.3 is 30.4 Å². The first-order valence-corrected chi connectivity index (χ1v) is 30.1. The number of aromatic amines is 2. The smallest absolute Gasteiger partial charge is 0.116 e. The molecule has 3 aromatic heterocycles. The fourth-order valence-corrected chi connectivity index (χ4v) is 12.6. The van der Waals surface area contributed by atoms with Crippen LogP contribution in [0.1, 0.15) is 233 Å². The quantitative estimate of drug-likeness (QED) is 0.104. The third kappa shape index (κ3) is 11.4. The highest BCUT2D eigenvalue weighted by molar-refractivity contribution is 6.03. The molecule has 8 heteroatoms. The summed E-state index contributed by atoms with van der Waals surface area (Å²) in [6, 6.07) is 24.1. The summed E-state index contributed by atoms with van der Waals surface area (Å²) in [7, 11) is 0. The molecule has 7 aromatic rings. The minimum Gasteiger partial charge on any atom is -0.508 e. The number of aromatic nitrogens is 4. The Morgan fingerprint density at radius 1 is 0.238 bits per heavy atom. The molecule has 2 aliphatic heterocycles. The number of benzene rings is 4. The molecule has 6 N–H and O–H groups in total. The lowest BCUT2D eigenvalue weighted by atomic mass is 9.74. The molecule has 0 spiro atoms. The minimum absolute atomic E-state index is 0.207. The molecule has 0 unspecified atom stereocenters. The second-order valence-electron chi connectivity index (χ2n) is 32.2. The number of hydrogen-bond donors (Lipinski definition) is 6. The molecule has 0 aliphatic carbocycles. The van der Waals surface area contributed by atoms with Gasteiger partial charge in [0.1, 0.15) is 23.0 Å². The topological polar surface area (TPSA) is 138 Å². The molecule has 9 rings (SSSR count). The summed E-state index contributed by atoms with van der Waals surface area (Å²) in [6.45, 7) is 52.9. The van der Waals surface area contributed by atoms with Gasteiger partial charge >= 0.3 is 0 Å². The Hall–Kier alpha value is -7.32. The molecule has 0 fully saturated rings. The van der Waals surface area contributed by atoms with Gasteiger partial charge in [-0.25, -0.2) is 9.97 Å². The normalized spacial score (nSPS) is 13.8. The summed E-state index contributed by atoms with van der Waals surface area (Å²) in [4.78, 5) is 20.0. The van der Waals surface area contributed by atoms with Gasteiger partial charge in [-0.1, -0.05) is 166 Å². The minimum atomic E-state index is -0.429. The Labute approximate surface area is 501 Å². The van der Waals surface area contributed by atoms with Crippen molar-refractivity contribution in [3.05, 3.63) is 140 Å². The second kappa shape index (κ2) is 20.2. The highest BCUT2D eigenvalue weighted by Crippen LogP contribution is 2.52. The predicted molar refractivity (Wildman–Crippen MR) is 357 cm³/mol. The summed E-state index contributed by atoms with van der Waals surface area (Å²) in [6.07, 6.45) is 8.60. The molecule has 8 bridgehead atoms. The number of phenols is 4. The van der Waals surface area contributed by atoms with E-state index in [0.717, 1.165) is 134 Å². The molecular formula is C76H94N4O4. The van der Waals surface area contributed by atoms with Crippen molar-refractivity contribution >= 4 is 46.4 Å². The van der Waals surface area contributed by atoms with E-state index in [1.54, 1.807) is 0 Å². The van der Waals surface area contributed by atoms with E-state index < -0.39 is 43.3 Å². The van der Waals surface area contributed by atoms with Gasteiger partial charge in [-0.3, -0.25) is 0 Å². The van der Waals surface area contributed by atoms with E-state index in [1.165, 1.54) is 0 Å². The zero-order valence-corrected chi connectivity index (χ0v) is 54.9. The Morgan fingerprint density at radius 2 is 0.381 bits per heavy atom. The van der Waals surface area contributed by atoms with Gasteiger partial charge in [0.05, 0.1) is 22.8 Å². The van der Waals surface area contributed by atoms with E-state index in [9.17, 15) is 20.4 Å². The van der Waals surface area contributed by atoms with E-state index in [1.807, 2.05) is 48.5 Å². The van der Waals surface area contributed by atoms with Gasteiger partial charge in [0.25, 0.3) is 0 Å². The third-order valence-electron chi connectivity index (χ3n) is 16.7. The number of phenolic OH excluding ortho intramolecular Hbond substituents is 4. The zero-order valence-electron chi connectivity index (χ0n) is 54.9. The molecule has 84 heavy (non-hydrogen) atoms. The Kier molecular flexibility index (Phi) is 14.7. The Bertz CT molecular complexity index is 3400. The molecule has 0 atom stereocenters. The zero-order chi connectivity index (χ0) is 62.3. The fourth-order valence-electron chi connectivity index (χ4n) is 12.6. The summed E-state index contributed by atoms with van der Waals surface area (Å²) in [5.74, 6) is 0.829. The van der Waals surface area contributed by atoms with Crippen molar-refractivity contribution in [3.8, 4) is 67.5 Å². The number of H-pyrrole nitrogens is 2. The fraction of sp³-hybridized carbons (Fsp3) is 0.421. The SMILES string of the molecule is CC(C)(C)c1cc(O)cc(C(C)(C)C)c1-c1c2nc(c(-c3c(C(C)(C)C)cc(O)cc3C(C)(C)C)c3ccc([nH]3)c(-c3c(C(C)(C)C)cc(O)cc3C(C)(C)C)c3nc(c(-c4c(C(C)(C)C)cc(O)cc4C(C)(C)C)c4ccc1[nH]4)C=C3)C=C2. The van der Waals surface area contributed by atoms with Gasteiger partial charge in [0, 0.05) is 44.3 Å². The molecule has 0 amide bonds. The Balaban J connectivity index is 1.69. The van der Waals surface area contributed by atoms with Crippen molar-refractivity contribution in [2.75, 3.05) is 0 Å². The maximum absolute atomic E-state index is 11.7.